The molecule has 0 bridgehead atoms. The van der Waals surface area contributed by atoms with Gasteiger partial charge in [-0.3, -0.25) is 0 Å². The fourth-order valence-corrected chi connectivity index (χ4v) is 3.09. The van der Waals surface area contributed by atoms with Gasteiger partial charge >= 0.3 is 5.97 Å². The molecule has 1 aromatic rings. The van der Waals surface area contributed by atoms with Crippen LogP contribution in [0.4, 0.5) is 0 Å². The minimum atomic E-state index is -3.90. The van der Waals surface area contributed by atoms with E-state index < -0.39 is 15.0 Å². The predicted octanol–water partition coefficient (Wildman–Crippen LogP) is 2.32. The maximum Gasteiger partial charge on any atom is 0.338 e. The Morgan fingerprint density at radius 3 is 2.74 bits per heavy atom. The van der Waals surface area contributed by atoms with Crippen molar-refractivity contribution >= 4 is 41.6 Å². The molecule has 0 N–H and O–H groups in total. The number of rotatable bonds is 3. The topological polar surface area (TPSA) is 69.7 Å². The molecule has 0 aliphatic carbocycles. The van der Waals surface area contributed by atoms with Gasteiger partial charge in [0.1, 0.15) is 6.10 Å². The predicted molar refractivity (Wildman–Crippen MR) is 71.8 cm³/mol. The van der Waals surface area contributed by atoms with Crippen LogP contribution in [-0.2, 0) is 18.5 Å². The van der Waals surface area contributed by atoms with Crippen molar-refractivity contribution in [3.8, 4) is 0 Å². The summed E-state index contributed by atoms with van der Waals surface area (Å²) >= 11 is 3.13. The van der Waals surface area contributed by atoms with Crippen molar-refractivity contribution in [3.05, 3.63) is 28.2 Å². The van der Waals surface area contributed by atoms with Gasteiger partial charge in [-0.1, -0.05) is 15.9 Å². The van der Waals surface area contributed by atoms with Gasteiger partial charge in [-0.05, 0) is 18.2 Å². The first-order chi connectivity index (χ1) is 8.86. The average Bonchev–Trinajstić information content (AvgIpc) is 2.79. The molecule has 1 saturated heterocycles. The lowest BCUT2D eigenvalue weighted by atomic mass is 10.2. The molecule has 1 aromatic carbocycles. The summed E-state index contributed by atoms with van der Waals surface area (Å²) in [5, 5.41) is 0. The second kappa shape index (κ2) is 5.78. The standard InChI is InChI=1S/C11H10BrClO5S/c12-8-3-7(4-10(5-8)19(13,15)16)11(14)18-9-1-2-17-6-9/h3-5,9H,1-2,6H2. The van der Waals surface area contributed by atoms with Gasteiger partial charge in [-0.25, -0.2) is 13.2 Å². The summed E-state index contributed by atoms with van der Waals surface area (Å²) in [7, 11) is 1.36. The van der Waals surface area contributed by atoms with Crippen LogP contribution in [0.3, 0.4) is 0 Å². The Morgan fingerprint density at radius 1 is 1.42 bits per heavy atom. The minimum Gasteiger partial charge on any atom is -0.456 e. The van der Waals surface area contributed by atoms with Crippen molar-refractivity contribution in [2.24, 2.45) is 0 Å². The molecule has 0 amide bonds. The Morgan fingerprint density at radius 2 is 2.16 bits per heavy atom. The van der Waals surface area contributed by atoms with Crippen LogP contribution in [0.25, 0.3) is 0 Å². The lowest BCUT2D eigenvalue weighted by Crippen LogP contribution is -2.18. The van der Waals surface area contributed by atoms with E-state index in [-0.39, 0.29) is 16.6 Å². The lowest BCUT2D eigenvalue weighted by molar-refractivity contribution is 0.0270. The zero-order valence-corrected chi connectivity index (χ0v) is 12.8. The normalized spacial score (nSPS) is 19.4. The quantitative estimate of drug-likeness (QED) is 0.604. The van der Waals surface area contributed by atoms with Crippen LogP contribution in [0, 0.1) is 0 Å². The number of carbonyl (C=O) groups excluding carboxylic acids is 1. The van der Waals surface area contributed by atoms with E-state index in [0.29, 0.717) is 24.1 Å². The van der Waals surface area contributed by atoms with Crippen molar-refractivity contribution in [2.75, 3.05) is 13.2 Å². The average molecular weight is 370 g/mol. The molecule has 1 unspecified atom stereocenters. The first-order valence-electron chi connectivity index (χ1n) is 5.40. The third-order valence-electron chi connectivity index (χ3n) is 2.55. The molecule has 104 valence electrons. The number of halogens is 2. The van der Waals surface area contributed by atoms with E-state index in [0.717, 1.165) is 0 Å². The zero-order chi connectivity index (χ0) is 14.0. The highest BCUT2D eigenvalue weighted by Crippen LogP contribution is 2.23. The third-order valence-corrected chi connectivity index (χ3v) is 4.34. The fourth-order valence-electron chi connectivity index (χ4n) is 1.65. The lowest BCUT2D eigenvalue weighted by Gasteiger charge is -2.10. The van der Waals surface area contributed by atoms with E-state index in [2.05, 4.69) is 15.9 Å². The molecule has 1 fully saturated rings. The molecular formula is C11H10BrClO5S. The zero-order valence-electron chi connectivity index (χ0n) is 9.64. The molecular weight excluding hydrogens is 360 g/mol. The van der Waals surface area contributed by atoms with Gasteiger partial charge in [0.05, 0.1) is 23.7 Å². The highest BCUT2D eigenvalue weighted by Gasteiger charge is 2.22. The van der Waals surface area contributed by atoms with Gasteiger partial charge in [0.15, 0.2) is 0 Å². The highest BCUT2D eigenvalue weighted by molar-refractivity contribution is 9.10. The summed E-state index contributed by atoms with van der Waals surface area (Å²) in [5.41, 5.74) is 0.125. The van der Waals surface area contributed by atoms with Crippen molar-refractivity contribution in [2.45, 2.75) is 17.4 Å². The maximum absolute atomic E-state index is 11.9. The summed E-state index contributed by atoms with van der Waals surface area (Å²) in [6.45, 7) is 0.915. The maximum atomic E-state index is 11.9. The largest absolute Gasteiger partial charge is 0.456 e. The van der Waals surface area contributed by atoms with Gasteiger partial charge in [0.2, 0.25) is 0 Å². The molecule has 1 aliphatic rings. The number of hydrogen-bond donors (Lipinski definition) is 0. The molecule has 19 heavy (non-hydrogen) atoms. The molecule has 1 aliphatic heterocycles. The van der Waals surface area contributed by atoms with Crippen LogP contribution < -0.4 is 0 Å². The first kappa shape index (κ1) is 14.8. The Labute approximate surface area is 123 Å². The molecule has 5 nitrogen and oxygen atoms in total. The van der Waals surface area contributed by atoms with Gasteiger partial charge in [0, 0.05) is 21.6 Å². The summed E-state index contributed by atoms with van der Waals surface area (Å²) < 4.78 is 33.3. The number of esters is 1. The van der Waals surface area contributed by atoms with Gasteiger partial charge in [-0.15, -0.1) is 0 Å². The second-order valence-electron chi connectivity index (χ2n) is 4.00. The second-order valence-corrected chi connectivity index (χ2v) is 7.49. The molecule has 0 radical (unpaired) electrons. The first-order valence-corrected chi connectivity index (χ1v) is 8.50. The van der Waals surface area contributed by atoms with Crippen LogP contribution in [0.15, 0.2) is 27.6 Å². The Bertz CT molecular complexity index is 595. The Kier molecular flexibility index (Phi) is 4.50. The van der Waals surface area contributed by atoms with E-state index in [9.17, 15) is 13.2 Å². The van der Waals surface area contributed by atoms with Crippen LogP contribution >= 0.6 is 26.6 Å². The van der Waals surface area contributed by atoms with Crippen LogP contribution in [0.2, 0.25) is 0 Å². The molecule has 1 heterocycles. The fraction of sp³-hybridized carbons (Fsp3) is 0.364. The van der Waals surface area contributed by atoms with Crippen molar-refractivity contribution < 1.29 is 22.7 Å². The van der Waals surface area contributed by atoms with E-state index >= 15 is 0 Å². The van der Waals surface area contributed by atoms with Crippen LogP contribution in [-0.4, -0.2) is 33.7 Å². The van der Waals surface area contributed by atoms with Gasteiger partial charge in [-0.2, -0.15) is 0 Å². The smallest absolute Gasteiger partial charge is 0.338 e. The molecule has 1 atom stereocenters. The molecule has 8 heteroatoms. The Hall–Kier alpha value is -0.630. The number of carbonyl (C=O) groups is 1. The number of ether oxygens (including phenoxy) is 2. The highest BCUT2D eigenvalue weighted by atomic mass is 79.9. The van der Waals surface area contributed by atoms with Crippen LogP contribution in [0.1, 0.15) is 16.8 Å². The molecule has 0 spiro atoms. The minimum absolute atomic E-state index is 0.125. The van der Waals surface area contributed by atoms with E-state index in [4.69, 9.17) is 20.2 Å². The van der Waals surface area contributed by atoms with E-state index in [1.54, 1.807) is 0 Å². The summed E-state index contributed by atoms with van der Waals surface area (Å²) in [4.78, 5) is 11.7. The third kappa shape index (κ3) is 3.92. The van der Waals surface area contributed by atoms with Gasteiger partial charge in [0.25, 0.3) is 9.05 Å². The van der Waals surface area contributed by atoms with Crippen molar-refractivity contribution in [1.82, 2.24) is 0 Å². The van der Waals surface area contributed by atoms with Crippen molar-refractivity contribution in [3.63, 3.8) is 0 Å². The van der Waals surface area contributed by atoms with Crippen LogP contribution in [0.5, 0.6) is 0 Å². The molecule has 0 saturated carbocycles. The summed E-state index contributed by atoms with van der Waals surface area (Å²) in [6.07, 6.45) is 0.350. The number of benzene rings is 1. The van der Waals surface area contributed by atoms with E-state index in [1.807, 2.05) is 0 Å². The molecule has 2 rings (SSSR count). The van der Waals surface area contributed by atoms with Gasteiger partial charge < -0.3 is 9.47 Å². The van der Waals surface area contributed by atoms with E-state index in [1.165, 1.54) is 18.2 Å². The monoisotopic (exact) mass is 368 g/mol. The summed E-state index contributed by atoms with van der Waals surface area (Å²) in [6, 6.07) is 3.98. The number of hydrogen-bond acceptors (Lipinski definition) is 5. The van der Waals surface area contributed by atoms with Crippen molar-refractivity contribution in [1.29, 1.82) is 0 Å². The Balaban J connectivity index is 2.24. The summed E-state index contributed by atoms with van der Waals surface area (Å²) in [5.74, 6) is -0.599. The molecule has 0 aromatic heterocycles. The SMILES string of the molecule is O=C(OC1CCOC1)c1cc(Br)cc(S(=O)(=O)Cl)c1.